The van der Waals surface area contributed by atoms with Crippen molar-refractivity contribution in [3.8, 4) is 6.07 Å². The van der Waals surface area contributed by atoms with Gasteiger partial charge in [-0.15, -0.1) is 0 Å². The van der Waals surface area contributed by atoms with Gasteiger partial charge in [0.05, 0.1) is 31.9 Å². The van der Waals surface area contributed by atoms with Gasteiger partial charge in [-0.05, 0) is 6.92 Å². The third kappa shape index (κ3) is 3.77. The van der Waals surface area contributed by atoms with Crippen LogP contribution in [0.15, 0.2) is 0 Å². The van der Waals surface area contributed by atoms with Crippen LogP contribution in [0.2, 0.25) is 0 Å². The van der Waals surface area contributed by atoms with Gasteiger partial charge in [0.1, 0.15) is 6.54 Å². The van der Waals surface area contributed by atoms with Gasteiger partial charge in [-0.25, -0.2) is 0 Å². The molecule has 16 heavy (non-hydrogen) atoms. The molecule has 0 saturated carbocycles. The smallest absolute Gasteiger partial charge is 0.235 e. The maximum absolute atomic E-state index is 11.4. The van der Waals surface area contributed by atoms with Crippen LogP contribution in [0.25, 0.3) is 0 Å². The highest BCUT2D eigenvalue weighted by atomic mass is 16.5. The lowest BCUT2D eigenvalue weighted by Crippen LogP contribution is -2.52. The largest absolute Gasteiger partial charge is 0.394 e. The monoisotopic (exact) mass is 227 g/mol. The predicted octanol–water partition coefficient (Wildman–Crippen LogP) is -1.29. The lowest BCUT2D eigenvalue weighted by Gasteiger charge is -2.36. The zero-order valence-electron chi connectivity index (χ0n) is 9.35. The highest BCUT2D eigenvalue weighted by Crippen LogP contribution is 2.10. The van der Waals surface area contributed by atoms with Crippen molar-refractivity contribution in [1.82, 2.24) is 10.2 Å². The number of morpholine rings is 1. The van der Waals surface area contributed by atoms with Crippen molar-refractivity contribution in [3.05, 3.63) is 0 Å². The average molecular weight is 227 g/mol. The standard InChI is InChI=1S/C10H17N3O3/c1-8-7-16-9(6-14)4-13(8)5-10(15)12-3-2-11/h8-9,14H,3-7H2,1H3,(H,12,15). The molecular weight excluding hydrogens is 210 g/mol. The second-order valence-corrected chi connectivity index (χ2v) is 3.85. The lowest BCUT2D eigenvalue weighted by atomic mass is 10.2. The summed E-state index contributed by atoms with van der Waals surface area (Å²) in [6.07, 6.45) is -0.222. The minimum Gasteiger partial charge on any atom is -0.394 e. The van der Waals surface area contributed by atoms with Crippen LogP contribution in [-0.2, 0) is 9.53 Å². The molecule has 1 heterocycles. The van der Waals surface area contributed by atoms with Crippen LogP contribution < -0.4 is 5.32 Å². The summed E-state index contributed by atoms with van der Waals surface area (Å²) in [5.41, 5.74) is 0. The highest BCUT2D eigenvalue weighted by Gasteiger charge is 2.26. The fraction of sp³-hybridized carbons (Fsp3) is 0.800. The Morgan fingerprint density at radius 2 is 2.50 bits per heavy atom. The van der Waals surface area contributed by atoms with Gasteiger partial charge in [0.15, 0.2) is 0 Å². The third-order valence-electron chi connectivity index (χ3n) is 2.55. The molecule has 0 aromatic carbocycles. The maximum atomic E-state index is 11.4. The van der Waals surface area contributed by atoms with E-state index in [-0.39, 0.29) is 37.7 Å². The van der Waals surface area contributed by atoms with E-state index in [4.69, 9.17) is 15.1 Å². The number of carbonyl (C=O) groups excluding carboxylic acids is 1. The zero-order valence-corrected chi connectivity index (χ0v) is 9.35. The number of hydrogen-bond donors (Lipinski definition) is 2. The molecule has 0 spiro atoms. The van der Waals surface area contributed by atoms with Crippen LogP contribution in [0.1, 0.15) is 6.92 Å². The molecule has 90 valence electrons. The van der Waals surface area contributed by atoms with Crippen molar-refractivity contribution in [3.63, 3.8) is 0 Å². The van der Waals surface area contributed by atoms with Gasteiger partial charge in [-0.1, -0.05) is 0 Å². The van der Waals surface area contributed by atoms with Gasteiger partial charge >= 0.3 is 0 Å². The minimum atomic E-state index is -0.222. The van der Waals surface area contributed by atoms with Crippen molar-refractivity contribution >= 4 is 5.91 Å². The van der Waals surface area contributed by atoms with E-state index in [1.807, 2.05) is 17.9 Å². The Labute approximate surface area is 94.8 Å². The molecule has 0 aromatic rings. The summed E-state index contributed by atoms with van der Waals surface area (Å²) in [7, 11) is 0. The minimum absolute atomic E-state index is 0.0288. The number of nitrogens with one attached hydrogen (secondary N) is 1. The summed E-state index contributed by atoms with van der Waals surface area (Å²) in [4.78, 5) is 13.3. The number of aliphatic hydroxyl groups is 1. The fourth-order valence-corrected chi connectivity index (χ4v) is 1.58. The summed E-state index contributed by atoms with van der Waals surface area (Å²) in [5, 5.41) is 19.8. The Balaban J connectivity index is 2.39. The Bertz CT molecular complexity index is 277. The van der Waals surface area contributed by atoms with E-state index in [0.717, 1.165) is 0 Å². The SMILES string of the molecule is CC1COC(CO)CN1CC(=O)NCC#N. The van der Waals surface area contributed by atoms with E-state index in [0.29, 0.717) is 13.2 Å². The Hall–Kier alpha value is -1.16. The van der Waals surface area contributed by atoms with Gasteiger partial charge < -0.3 is 15.2 Å². The van der Waals surface area contributed by atoms with E-state index < -0.39 is 0 Å². The summed E-state index contributed by atoms with van der Waals surface area (Å²) in [5.74, 6) is -0.174. The normalized spacial score (nSPS) is 26.1. The van der Waals surface area contributed by atoms with Crippen molar-refractivity contribution in [2.75, 3.05) is 32.8 Å². The van der Waals surface area contributed by atoms with E-state index in [1.165, 1.54) is 0 Å². The first-order chi connectivity index (χ1) is 7.67. The maximum Gasteiger partial charge on any atom is 0.235 e. The van der Waals surface area contributed by atoms with Crippen molar-refractivity contribution < 1.29 is 14.6 Å². The second-order valence-electron chi connectivity index (χ2n) is 3.85. The van der Waals surface area contributed by atoms with Crippen LogP contribution in [0.4, 0.5) is 0 Å². The van der Waals surface area contributed by atoms with Crippen molar-refractivity contribution in [2.45, 2.75) is 19.1 Å². The molecule has 2 atom stereocenters. The second kappa shape index (κ2) is 6.43. The van der Waals surface area contributed by atoms with Gasteiger partial charge in [0, 0.05) is 12.6 Å². The number of amides is 1. The zero-order chi connectivity index (χ0) is 12.0. The molecule has 1 rings (SSSR count). The molecule has 1 fully saturated rings. The first-order valence-corrected chi connectivity index (χ1v) is 5.27. The Kier molecular flexibility index (Phi) is 5.19. The quantitative estimate of drug-likeness (QED) is 0.583. The van der Waals surface area contributed by atoms with Gasteiger partial charge in [-0.3, -0.25) is 9.69 Å². The molecule has 1 saturated heterocycles. The fourth-order valence-electron chi connectivity index (χ4n) is 1.58. The van der Waals surface area contributed by atoms with Crippen LogP contribution in [0.3, 0.4) is 0 Å². The lowest BCUT2D eigenvalue weighted by molar-refractivity contribution is -0.127. The van der Waals surface area contributed by atoms with Gasteiger partial charge in [0.25, 0.3) is 0 Å². The first kappa shape index (κ1) is 12.9. The number of nitriles is 1. The van der Waals surface area contributed by atoms with Crippen molar-refractivity contribution in [1.29, 1.82) is 5.26 Å². The molecule has 1 amide bonds. The molecule has 1 aliphatic rings. The van der Waals surface area contributed by atoms with Gasteiger partial charge in [0.2, 0.25) is 5.91 Å². The first-order valence-electron chi connectivity index (χ1n) is 5.27. The number of aliphatic hydroxyl groups excluding tert-OH is 1. The third-order valence-corrected chi connectivity index (χ3v) is 2.55. The van der Waals surface area contributed by atoms with E-state index in [2.05, 4.69) is 5.32 Å². The molecule has 0 aromatic heterocycles. The number of hydrogen-bond acceptors (Lipinski definition) is 5. The van der Waals surface area contributed by atoms with E-state index in [9.17, 15) is 4.79 Å². The molecule has 2 N–H and O–H groups in total. The summed E-state index contributed by atoms with van der Waals surface area (Å²) < 4.78 is 5.36. The number of nitrogens with zero attached hydrogens (tertiary/aromatic N) is 2. The summed E-state index contributed by atoms with van der Waals surface area (Å²) >= 11 is 0. The summed E-state index contributed by atoms with van der Waals surface area (Å²) in [6, 6.07) is 2.00. The molecule has 0 radical (unpaired) electrons. The van der Waals surface area contributed by atoms with Crippen LogP contribution >= 0.6 is 0 Å². The molecule has 6 nitrogen and oxygen atoms in total. The topological polar surface area (TPSA) is 85.6 Å². The molecule has 1 aliphatic heterocycles. The van der Waals surface area contributed by atoms with Crippen molar-refractivity contribution in [2.24, 2.45) is 0 Å². The van der Waals surface area contributed by atoms with Crippen LogP contribution in [0, 0.1) is 11.3 Å². The number of carbonyl (C=O) groups is 1. The predicted molar refractivity (Wildman–Crippen MR) is 56.5 cm³/mol. The molecule has 2 unspecified atom stereocenters. The average Bonchev–Trinajstić information content (AvgIpc) is 2.29. The molecule has 0 bridgehead atoms. The highest BCUT2D eigenvalue weighted by molar-refractivity contribution is 5.78. The van der Waals surface area contributed by atoms with E-state index >= 15 is 0 Å². The van der Waals surface area contributed by atoms with Crippen LogP contribution in [-0.4, -0.2) is 60.9 Å². The Morgan fingerprint density at radius 1 is 1.75 bits per heavy atom. The number of ether oxygens (including phenoxy) is 1. The molecule has 6 heteroatoms. The van der Waals surface area contributed by atoms with Gasteiger partial charge in [-0.2, -0.15) is 5.26 Å². The Morgan fingerprint density at radius 3 is 3.12 bits per heavy atom. The summed E-state index contributed by atoms with van der Waals surface area (Å²) in [6.45, 7) is 3.24. The molecular formula is C10H17N3O3. The molecule has 0 aliphatic carbocycles. The van der Waals surface area contributed by atoms with E-state index in [1.54, 1.807) is 0 Å². The number of rotatable bonds is 4. The van der Waals surface area contributed by atoms with Crippen LogP contribution in [0.5, 0.6) is 0 Å².